The van der Waals surface area contributed by atoms with Crippen molar-refractivity contribution in [1.82, 2.24) is 0 Å². The van der Waals surface area contributed by atoms with Crippen molar-refractivity contribution in [3.05, 3.63) is 6.92 Å². The average Bonchev–Trinajstić information content (AvgIpc) is 2.13. The van der Waals surface area contributed by atoms with Crippen LogP contribution in [0.1, 0.15) is 38.5 Å². The summed E-state index contributed by atoms with van der Waals surface area (Å²) in [6, 6.07) is 0. The molecule has 0 heterocycles. The Kier molecular flexibility index (Phi) is 9.26. The van der Waals surface area contributed by atoms with E-state index in [0.29, 0.717) is 19.3 Å². The third-order valence-corrected chi connectivity index (χ3v) is 2.42. The minimum absolute atomic E-state index is 0. The molecule has 0 atom stereocenters. The molecule has 0 saturated carbocycles. The third-order valence-electron chi connectivity index (χ3n) is 2.42. The van der Waals surface area contributed by atoms with E-state index in [1.54, 1.807) is 0 Å². The molecule has 0 unspecified atom stereocenters. The smallest absolute Gasteiger partial charge is 0.343 e. The zero-order valence-electron chi connectivity index (χ0n) is 9.60. The first kappa shape index (κ1) is 20.9. The van der Waals surface area contributed by atoms with Gasteiger partial charge in [-0.3, -0.25) is 0 Å². The molecular formula is C10H14F7U-. The molecule has 0 nitrogen and oxygen atoms in total. The fourth-order valence-corrected chi connectivity index (χ4v) is 1.34. The molecular weight excluding hydrogens is 491 g/mol. The summed E-state index contributed by atoms with van der Waals surface area (Å²) in [6.45, 7) is 3.48. The molecule has 0 aromatic heterocycles. The largest absolute Gasteiger partial charge is 0.431 e. The third kappa shape index (κ3) is 5.68. The van der Waals surface area contributed by atoms with Crippen LogP contribution in [0.4, 0.5) is 30.7 Å². The predicted molar refractivity (Wildman–Crippen MR) is 49.0 cm³/mol. The fraction of sp³-hybridized carbons (Fsp3) is 0.900. The molecule has 0 aliphatic heterocycles. The van der Waals surface area contributed by atoms with Crippen LogP contribution in [-0.2, 0) is 0 Å². The molecule has 0 N–H and O–H groups in total. The normalized spacial score (nSPS) is 13.3. The van der Waals surface area contributed by atoms with Gasteiger partial charge in [0.05, 0.1) is 0 Å². The number of hydrogen-bond acceptors (Lipinski definition) is 0. The first-order chi connectivity index (χ1) is 7.56. The number of rotatable bonds is 6. The van der Waals surface area contributed by atoms with Crippen molar-refractivity contribution >= 4 is 0 Å². The first-order valence-corrected chi connectivity index (χ1v) is 5.18. The van der Waals surface area contributed by atoms with E-state index in [4.69, 9.17) is 0 Å². The molecule has 0 bridgehead atoms. The number of alkyl halides is 7. The summed E-state index contributed by atoms with van der Waals surface area (Å²) in [5, 5.41) is 0. The molecule has 0 amide bonds. The second-order valence-corrected chi connectivity index (χ2v) is 3.81. The van der Waals surface area contributed by atoms with Crippen molar-refractivity contribution in [3.63, 3.8) is 0 Å². The van der Waals surface area contributed by atoms with Gasteiger partial charge in [-0.2, -0.15) is 32.8 Å². The van der Waals surface area contributed by atoms with Crippen molar-refractivity contribution in [1.29, 1.82) is 0 Å². The summed E-state index contributed by atoms with van der Waals surface area (Å²) in [7, 11) is 0. The van der Waals surface area contributed by atoms with Crippen LogP contribution in [0.25, 0.3) is 0 Å². The van der Waals surface area contributed by atoms with Crippen molar-refractivity contribution in [2.24, 2.45) is 0 Å². The predicted octanol–water partition coefficient (Wildman–Crippen LogP) is 4.99. The van der Waals surface area contributed by atoms with Gasteiger partial charge in [-0.25, -0.2) is 4.39 Å². The molecule has 0 aliphatic carbocycles. The SMILES string of the molecule is [CH2-]CCCCCCC(F)(C(F)(F)F)C(F)(F)F.[U]. The van der Waals surface area contributed by atoms with Gasteiger partial charge in [0.15, 0.2) is 0 Å². The number of hydrogen-bond donors (Lipinski definition) is 0. The van der Waals surface area contributed by atoms with Crippen LogP contribution in [0.5, 0.6) is 0 Å². The summed E-state index contributed by atoms with van der Waals surface area (Å²) in [5.41, 5.74) is -5.09. The molecule has 0 fully saturated rings. The Balaban J connectivity index is 0. The van der Waals surface area contributed by atoms with E-state index in [0.717, 1.165) is 0 Å². The van der Waals surface area contributed by atoms with E-state index in [-0.39, 0.29) is 37.5 Å². The first-order valence-electron chi connectivity index (χ1n) is 5.18. The van der Waals surface area contributed by atoms with Gasteiger partial charge in [0.25, 0.3) is 5.67 Å². The van der Waals surface area contributed by atoms with E-state index in [1.165, 1.54) is 0 Å². The average molecular weight is 505 g/mol. The maximum atomic E-state index is 13.1. The molecule has 0 rings (SSSR count). The van der Waals surface area contributed by atoms with Gasteiger partial charge in [-0.05, 0) is 12.8 Å². The van der Waals surface area contributed by atoms with Crippen LogP contribution in [0, 0.1) is 38.0 Å². The molecule has 108 valence electrons. The van der Waals surface area contributed by atoms with Gasteiger partial charge < -0.3 is 6.92 Å². The Morgan fingerprint density at radius 2 is 1.06 bits per heavy atom. The van der Waals surface area contributed by atoms with Crippen LogP contribution in [0.2, 0.25) is 0 Å². The Morgan fingerprint density at radius 3 is 1.39 bits per heavy atom. The Bertz CT molecular complexity index is 207. The second kappa shape index (κ2) is 7.98. The summed E-state index contributed by atoms with van der Waals surface area (Å²) in [4.78, 5) is 0. The molecule has 0 aliphatic rings. The van der Waals surface area contributed by atoms with Crippen LogP contribution < -0.4 is 0 Å². The Morgan fingerprint density at radius 1 is 0.667 bits per heavy atom. The van der Waals surface area contributed by atoms with E-state index in [1.807, 2.05) is 0 Å². The quantitative estimate of drug-likeness (QED) is 0.271. The summed E-state index contributed by atoms with van der Waals surface area (Å²) in [6.07, 6.45) is -12.1. The molecule has 0 aromatic rings. The summed E-state index contributed by atoms with van der Waals surface area (Å²) >= 11 is 0. The topological polar surface area (TPSA) is 0 Å². The fourth-order valence-electron chi connectivity index (χ4n) is 1.34. The number of halogens is 7. The summed E-state index contributed by atoms with van der Waals surface area (Å²) in [5.74, 6) is 0. The van der Waals surface area contributed by atoms with Gasteiger partial charge in [-0.15, -0.1) is 0 Å². The van der Waals surface area contributed by atoms with Crippen molar-refractivity contribution in [2.45, 2.75) is 56.5 Å². The molecule has 0 spiro atoms. The van der Waals surface area contributed by atoms with Gasteiger partial charge in [0, 0.05) is 31.1 Å². The van der Waals surface area contributed by atoms with E-state index in [2.05, 4.69) is 6.92 Å². The zero-order chi connectivity index (χ0) is 13.7. The van der Waals surface area contributed by atoms with Crippen molar-refractivity contribution < 1.29 is 61.8 Å². The molecule has 0 aromatic carbocycles. The minimum atomic E-state index is -5.92. The van der Waals surface area contributed by atoms with Crippen LogP contribution in [-0.4, -0.2) is 18.0 Å². The monoisotopic (exact) mass is 505 g/mol. The maximum Gasteiger partial charge on any atom is 0.431 e. The minimum Gasteiger partial charge on any atom is -0.343 e. The van der Waals surface area contributed by atoms with Gasteiger partial charge in [0.1, 0.15) is 0 Å². The second-order valence-electron chi connectivity index (χ2n) is 3.81. The summed E-state index contributed by atoms with van der Waals surface area (Å²) < 4.78 is 85.5. The van der Waals surface area contributed by atoms with Crippen molar-refractivity contribution in [2.75, 3.05) is 0 Å². The Hall–Kier alpha value is 0.562. The van der Waals surface area contributed by atoms with Gasteiger partial charge >= 0.3 is 12.4 Å². The van der Waals surface area contributed by atoms with Crippen LogP contribution in [0.15, 0.2) is 0 Å². The molecule has 8 heteroatoms. The van der Waals surface area contributed by atoms with Crippen molar-refractivity contribution in [3.8, 4) is 0 Å². The van der Waals surface area contributed by atoms with E-state index >= 15 is 0 Å². The van der Waals surface area contributed by atoms with E-state index in [9.17, 15) is 30.7 Å². The zero-order valence-corrected chi connectivity index (χ0v) is 13.8. The Labute approximate surface area is 125 Å². The van der Waals surface area contributed by atoms with Gasteiger partial charge in [-0.1, -0.05) is 19.3 Å². The molecule has 0 saturated heterocycles. The standard InChI is InChI=1S/C10H14F7.U/c1-2-3-4-5-6-7-8(11,9(12,13)14)10(15,16)17;/h1-7H2;/q-1;. The molecule has 0 radical (unpaired) electrons. The maximum absolute atomic E-state index is 13.1. The van der Waals surface area contributed by atoms with Crippen LogP contribution >= 0.6 is 0 Å². The molecule has 18 heavy (non-hydrogen) atoms. The number of unbranched alkanes of at least 4 members (excludes halogenated alkanes) is 4. The van der Waals surface area contributed by atoms with Gasteiger partial charge in [0.2, 0.25) is 0 Å². The van der Waals surface area contributed by atoms with E-state index < -0.39 is 30.9 Å². The van der Waals surface area contributed by atoms with Crippen LogP contribution in [0.3, 0.4) is 0 Å².